The lowest BCUT2D eigenvalue weighted by atomic mass is 10.1. The first kappa shape index (κ1) is 21.8. The Morgan fingerprint density at radius 3 is 2.13 bits per heavy atom. The normalized spacial score (nSPS) is 19.5. The lowest BCUT2D eigenvalue weighted by molar-refractivity contribution is 0.102. The Morgan fingerprint density at radius 1 is 0.903 bits per heavy atom. The van der Waals surface area contributed by atoms with E-state index in [0.717, 1.165) is 45.0 Å². The van der Waals surface area contributed by atoms with E-state index >= 15 is 0 Å². The molecule has 1 amide bonds. The van der Waals surface area contributed by atoms with Crippen molar-refractivity contribution in [3.63, 3.8) is 0 Å². The van der Waals surface area contributed by atoms with E-state index in [4.69, 9.17) is 0 Å². The number of nitrogens with one attached hydrogen (secondary N) is 1. The number of sulfonamides is 1. The van der Waals surface area contributed by atoms with Gasteiger partial charge in [0.05, 0.1) is 11.4 Å². The molecule has 0 unspecified atom stereocenters. The summed E-state index contributed by atoms with van der Waals surface area (Å²) >= 11 is 0. The molecule has 166 valence electrons. The second-order valence-electron chi connectivity index (χ2n) is 8.15. The number of amides is 1. The summed E-state index contributed by atoms with van der Waals surface area (Å²) in [6.07, 6.45) is 0.634. The third kappa shape index (κ3) is 5.26. The van der Waals surface area contributed by atoms with E-state index in [1.807, 2.05) is 12.1 Å². The van der Waals surface area contributed by atoms with Crippen LogP contribution in [-0.2, 0) is 16.6 Å². The van der Waals surface area contributed by atoms with Crippen molar-refractivity contribution in [3.05, 3.63) is 59.7 Å². The molecule has 2 fully saturated rings. The third-order valence-corrected chi connectivity index (χ3v) is 7.92. The van der Waals surface area contributed by atoms with E-state index in [2.05, 4.69) is 34.2 Å². The van der Waals surface area contributed by atoms with Crippen molar-refractivity contribution in [1.29, 1.82) is 0 Å². The highest BCUT2D eigenvalue weighted by atomic mass is 32.2. The Morgan fingerprint density at radius 2 is 1.55 bits per heavy atom. The molecule has 0 spiro atoms. The average molecular weight is 443 g/mol. The number of carbonyl (C=O) groups is 1. The van der Waals surface area contributed by atoms with Crippen molar-refractivity contribution in [3.8, 4) is 0 Å². The van der Waals surface area contributed by atoms with Crippen LogP contribution in [0.2, 0.25) is 0 Å². The predicted molar refractivity (Wildman–Crippen MR) is 124 cm³/mol. The third-order valence-electron chi connectivity index (χ3n) is 6.05. The summed E-state index contributed by atoms with van der Waals surface area (Å²) in [4.78, 5) is 17.5. The molecule has 0 aromatic heterocycles. The quantitative estimate of drug-likeness (QED) is 0.745. The van der Waals surface area contributed by atoms with Gasteiger partial charge in [0.2, 0.25) is 10.0 Å². The molecule has 2 aliphatic heterocycles. The molecule has 7 nitrogen and oxygen atoms in total. The SMILES string of the molecule is CCN1CCN(Cc2ccc(NC(=O)c3ccc(N4CCCS4(=O)=O)cc3)cc2)CC1. The Labute approximate surface area is 184 Å². The van der Waals surface area contributed by atoms with Gasteiger partial charge in [-0.05, 0) is 54.9 Å². The maximum absolute atomic E-state index is 12.6. The molecule has 4 rings (SSSR count). The lowest BCUT2D eigenvalue weighted by Gasteiger charge is -2.34. The zero-order valence-corrected chi connectivity index (χ0v) is 18.8. The molecule has 0 bridgehead atoms. The molecule has 31 heavy (non-hydrogen) atoms. The van der Waals surface area contributed by atoms with Crippen LogP contribution in [0.3, 0.4) is 0 Å². The summed E-state index contributed by atoms with van der Waals surface area (Å²) < 4.78 is 25.5. The van der Waals surface area contributed by atoms with E-state index in [-0.39, 0.29) is 11.7 Å². The Kier molecular flexibility index (Phi) is 6.60. The Hall–Kier alpha value is -2.42. The van der Waals surface area contributed by atoms with Crippen molar-refractivity contribution < 1.29 is 13.2 Å². The fourth-order valence-electron chi connectivity index (χ4n) is 4.13. The minimum Gasteiger partial charge on any atom is -0.322 e. The fourth-order valence-corrected chi connectivity index (χ4v) is 5.69. The van der Waals surface area contributed by atoms with Gasteiger partial charge in [-0.3, -0.25) is 14.0 Å². The molecule has 0 atom stereocenters. The summed E-state index contributed by atoms with van der Waals surface area (Å²) in [5.41, 5.74) is 3.09. The standard InChI is InChI=1S/C23H30N4O3S/c1-2-25-13-15-26(16-14-25)18-19-4-8-21(9-5-19)24-23(28)20-6-10-22(11-7-20)27-12-3-17-31(27,29)30/h4-11H,2-3,12-18H2,1H3,(H,24,28). The number of carbonyl (C=O) groups excluding carboxylic acids is 1. The molecule has 2 saturated heterocycles. The topological polar surface area (TPSA) is 73.0 Å². The van der Waals surface area contributed by atoms with E-state index in [1.165, 1.54) is 9.87 Å². The molecule has 0 saturated carbocycles. The van der Waals surface area contributed by atoms with E-state index in [0.29, 0.717) is 24.2 Å². The smallest absolute Gasteiger partial charge is 0.255 e. The van der Waals surface area contributed by atoms with Crippen LogP contribution in [0.1, 0.15) is 29.3 Å². The number of nitrogens with zero attached hydrogens (tertiary/aromatic N) is 3. The Bertz CT molecular complexity index is 998. The molecule has 2 aromatic carbocycles. The van der Waals surface area contributed by atoms with Gasteiger partial charge in [0.1, 0.15) is 0 Å². The van der Waals surface area contributed by atoms with Crippen LogP contribution in [0.4, 0.5) is 11.4 Å². The van der Waals surface area contributed by atoms with Gasteiger partial charge in [-0.25, -0.2) is 8.42 Å². The zero-order valence-electron chi connectivity index (χ0n) is 18.0. The van der Waals surface area contributed by atoms with Gasteiger partial charge in [0.15, 0.2) is 0 Å². The number of benzene rings is 2. The fraction of sp³-hybridized carbons (Fsp3) is 0.435. The van der Waals surface area contributed by atoms with Gasteiger partial charge in [-0.2, -0.15) is 0 Å². The van der Waals surface area contributed by atoms with Crippen LogP contribution in [-0.4, -0.2) is 69.1 Å². The monoisotopic (exact) mass is 442 g/mol. The van der Waals surface area contributed by atoms with Crippen LogP contribution in [0.25, 0.3) is 0 Å². The second kappa shape index (κ2) is 9.38. The number of hydrogen-bond acceptors (Lipinski definition) is 5. The molecule has 0 aliphatic carbocycles. The molecule has 2 aliphatic rings. The van der Waals surface area contributed by atoms with Gasteiger partial charge in [0, 0.05) is 50.5 Å². The first-order valence-electron chi connectivity index (χ1n) is 10.9. The van der Waals surface area contributed by atoms with Crippen molar-refractivity contribution in [2.75, 3.05) is 54.6 Å². The zero-order chi connectivity index (χ0) is 21.8. The minimum atomic E-state index is -3.21. The highest BCUT2D eigenvalue weighted by molar-refractivity contribution is 7.93. The summed E-state index contributed by atoms with van der Waals surface area (Å²) in [7, 11) is -3.21. The van der Waals surface area contributed by atoms with Crippen LogP contribution in [0, 0.1) is 0 Å². The Balaban J connectivity index is 1.32. The lowest BCUT2D eigenvalue weighted by Crippen LogP contribution is -2.45. The maximum atomic E-state index is 12.6. The average Bonchev–Trinajstić information content (AvgIpc) is 3.14. The summed E-state index contributed by atoms with van der Waals surface area (Å²) in [6, 6.07) is 14.7. The van der Waals surface area contributed by atoms with Gasteiger partial charge in [-0.1, -0.05) is 19.1 Å². The van der Waals surface area contributed by atoms with Gasteiger partial charge in [0.25, 0.3) is 5.91 Å². The minimum absolute atomic E-state index is 0.181. The molecular formula is C23H30N4O3S. The van der Waals surface area contributed by atoms with Gasteiger partial charge < -0.3 is 10.2 Å². The van der Waals surface area contributed by atoms with Gasteiger partial charge in [-0.15, -0.1) is 0 Å². The van der Waals surface area contributed by atoms with Crippen LogP contribution in [0.5, 0.6) is 0 Å². The van der Waals surface area contributed by atoms with Crippen molar-refractivity contribution in [2.45, 2.75) is 19.9 Å². The van der Waals surface area contributed by atoms with Crippen molar-refractivity contribution >= 4 is 27.3 Å². The largest absolute Gasteiger partial charge is 0.322 e. The van der Waals surface area contributed by atoms with E-state index < -0.39 is 10.0 Å². The van der Waals surface area contributed by atoms with Gasteiger partial charge >= 0.3 is 0 Å². The number of rotatable bonds is 6. The highest BCUT2D eigenvalue weighted by Crippen LogP contribution is 2.24. The summed E-state index contributed by atoms with van der Waals surface area (Å²) in [6.45, 7) is 9.14. The first-order valence-corrected chi connectivity index (χ1v) is 12.5. The molecule has 1 N–H and O–H groups in total. The molecule has 2 heterocycles. The molecule has 0 radical (unpaired) electrons. The first-order chi connectivity index (χ1) is 14.9. The van der Waals surface area contributed by atoms with E-state index in [1.54, 1.807) is 24.3 Å². The molecular weight excluding hydrogens is 412 g/mol. The summed E-state index contributed by atoms with van der Waals surface area (Å²) in [5.74, 6) is -0.0283. The number of hydrogen-bond donors (Lipinski definition) is 1. The molecule has 8 heteroatoms. The van der Waals surface area contributed by atoms with Crippen LogP contribution in [0.15, 0.2) is 48.5 Å². The van der Waals surface area contributed by atoms with Crippen molar-refractivity contribution in [1.82, 2.24) is 9.80 Å². The van der Waals surface area contributed by atoms with Crippen LogP contribution >= 0.6 is 0 Å². The van der Waals surface area contributed by atoms with Crippen LogP contribution < -0.4 is 9.62 Å². The van der Waals surface area contributed by atoms with Crippen molar-refractivity contribution in [2.24, 2.45) is 0 Å². The number of likely N-dealkylation sites (N-methyl/N-ethyl adjacent to an activating group) is 1. The summed E-state index contributed by atoms with van der Waals surface area (Å²) in [5, 5.41) is 2.92. The molecule has 2 aromatic rings. The predicted octanol–water partition coefficient (Wildman–Crippen LogP) is 2.62. The highest BCUT2D eigenvalue weighted by Gasteiger charge is 2.28. The number of piperazine rings is 1. The second-order valence-corrected chi connectivity index (χ2v) is 10.2. The van der Waals surface area contributed by atoms with E-state index in [9.17, 15) is 13.2 Å². The number of anilines is 2. The maximum Gasteiger partial charge on any atom is 0.255 e.